The molecule has 0 fully saturated rings. The molecule has 0 saturated carbocycles. The molecule has 0 bridgehead atoms. The number of nitrogens with zero attached hydrogens (tertiary/aromatic N) is 3. The predicted octanol–water partition coefficient (Wildman–Crippen LogP) is 3.70. The molecule has 1 aromatic carbocycles. The van der Waals surface area contributed by atoms with Gasteiger partial charge in [0.2, 0.25) is 0 Å². The Morgan fingerprint density at radius 3 is 2.61 bits per heavy atom. The lowest BCUT2D eigenvalue weighted by Crippen LogP contribution is -2.32. The summed E-state index contributed by atoms with van der Waals surface area (Å²) in [6.07, 6.45) is 1.67. The van der Waals surface area contributed by atoms with Crippen LogP contribution in [0.25, 0.3) is 21.1 Å². The first-order valence-corrected chi connectivity index (χ1v) is 12.4. The van der Waals surface area contributed by atoms with Crippen molar-refractivity contribution in [2.75, 3.05) is 18.5 Å². The van der Waals surface area contributed by atoms with Crippen LogP contribution in [0.3, 0.4) is 0 Å². The van der Waals surface area contributed by atoms with Crippen molar-refractivity contribution in [3.8, 4) is 26.9 Å². The van der Waals surface area contributed by atoms with Crippen LogP contribution in [0.2, 0.25) is 5.02 Å². The summed E-state index contributed by atoms with van der Waals surface area (Å²) in [7, 11) is -4.65. The van der Waals surface area contributed by atoms with Crippen molar-refractivity contribution in [2.24, 2.45) is 5.73 Å². The summed E-state index contributed by atoms with van der Waals surface area (Å²) in [6.45, 7) is 3.32. The van der Waals surface area contributed by atoms with E-state index in [1.807, 2.05) is 26.0 Å². The van der Waals surface area contributed by atoms with Crippen molar-refractivity contribution in [1.29, 1.82) is 0 Å². The van der Waals surface area contributed by atoms with E-state index in [2.05, 4.69) is 25.0 Å². The number of benzene rings is 1. The monoisotopic (exact) mass is 517 g/mol. The van der Waals surface area contributed by atoms with Crippen molar-refractivity contribution in [3.63, 3.8) is 0 Å². The quantitative estimate of drug-likeness (QED) is 0.293. The number of aromatic nitrogens is 3. The molecule has 14 heteroatoms. The number of nitrogens with two attached hydrogens (primary N) is 1. The van der Waals surface area contributed by atoms with E-state index in [1.54, 1.807) is 6.20 Å². The lowest BCUT2D eigenvalue weighted by Gasteiger charge is -2.15. The highest BCUT2D eigenvalue weighted by molar-refractivity contribution is 7.46. The molecule has 0 unspecified atom stereocenters. The summed E-state index contributed by atoms with van der Waals surface area (Å²) in [6, 6.07) is 5.51. The van der Waals surface area contributed by atoms with Crippen LogP contribution in [0.1, 0.15) is 13.8 Å². The summed E-state index contributed by atoms with van der Waals surface area (Å²) in [5, 5.41) is 12.7. The van der Waals surface area contributed by atoms with E-state index in [-0.39, 0.29) is 23.4 Å². The number of pyridine rings is 1. The Morgan fingerprint density at radius 1 is 1.24 bits per heavy atom. The number of rotatable bonds is 10. The molecule has 2 heterocycles. The van der Waals surface area contributed by atoms with Crippen molar-refractivity contribution in [1.82, 2.24) is 15.2 Å². The summed E-state index contributed by atoms with van der Waals surface area (Å²) < 4.78 is 34.9. The maximum absolute atomic E-state index is 14.6. The van der Waals surface area contributed by atoms with Crippen molar-refractivity contribution in [3.05, 3.63) is 41.3 Å². The molecular weight excluding hydrogens is 496 g/mol. The molecule has 3 rings (SSSR count). The SMILES string of the molecule is CC(C)Nc1ccc(-c2nnc(-c3cc(F)c(OC[C@H](N)COP(=O)(O)O)cc3Cl)s2)cn1. The number of hydrogen-bond acceptors (Lipinski definition) is 9. The molecule has 0 saturated heterocycles. The minimum atomic E-state index is -4.65. The summed E-state index contributed by atoms with van der Waals surface area (Å²) in [5.41, 5.74) is 6.75. The number of phosphoric acid groups is 1. The second kappa shape index (κ2) is 10.8. The third kappa shape index (κ3) is 7.41. The van der Waals surface area contributed by atoms with E-state index < -0.39 is 26.3 Å². The Hall–Kier alpha value is -2.18. The molecule has 2 aromatic heterocycles. The number of ether oxygens (including phenoxy) is 1. The van der Waals surface area contributed by atoms with Gasteiger partial charge >= 0.3 is 7.82 Å². The van der Waals surface area contributed by atoms with Crippen LogP contribution < -0.4 is 15.8 Å². The fourth-order valence-electron chi connectivity index (χ4n) is 2.59. The molecular formula is C19H22ClFN5O5PS. The molecule has 0 radical (unpaired) electrons. The Labute approximate surface area is 198 Å². The fourth-order valence-corrected chi connectivity index (χ4v) is 4.14. The van der Waals surface area contributed by atoms with Crippen LogP contribution in [0.4, 0.5) is 10.2 Å². The highest BCUT2D eigenvalue weighted by atomic mass is 35.5. The molecule has 0 aliphatic rings. The van der Waals surface area contributed by atoms with Gasteiger partial charge in [-0.25, -0.2) is 13.9 Å². The largest absolute Gasteiger partial charge is 0.489 e. The van der Waals surface area contributed by atoms with E-state index in [0.29, 0.717) is 15.6 Å². The maximum Gasteiger partial charge on any atom is 0.469 e. The first-order chi connectivity index (χ1) is 15.5. The summed E-state index contributed by atoms with van der Waals surface area (Å²) in [5.74, 6) is -0.134. The molecule has 178 valence electrons. The second-order valence-corrected chi connectivity index (χ2v) is 9.89. The molecule has 33 heavy (non-hydrogen) atoms. The van der Waals surface area contributed by atoms with E-state index in [0.717, 1.165) is 11.4 Å². The minimum Gasteiger partial charge on any atom is -0.489 e. The molecule has 0 aliphatic heterocycles. The third-order valence-electron chi connectivity index (χ3n) is 4.03. The summed E-state index contributed by atoms with van der Waals surface area (Å²) in [4.78, 5) is 21.7. The minimum absolute atomic E-state index is 0.169. The van der Waals surface area contributed by atoms with Crippen LogP contribution in [-0.2, 0) is 9.09 Å². The van der Waals surface area contributed by atoms with Crippen LogP contribution >= 0.6 is 30.8 Å². The highest BCUT2D eigenvalue weighted by Crippen LogP contribution is 2.37. The molecule has 5 N–H and O–H groups in total. The Morgan fingerprint density at radius 2 is 1.97 bits per heavy atom. The van der Waals surface area contributed by atoms with Crippen molar-refractivity contribution in [2.45, 2.75) is 25.9 Å². The predicted molar refractivity (Wildman–Crippen MR) is 124 cm³/mol. The van der Waals surface area contributed by atoms with Gasteiger partial charge in [-0.3, -0.25) is 4.52 Å². The van der Waals surface area contributed by atoms with E-state index in [4.69, 9.17) is 31.9 Å². The van der Waals surface area contributed by atoms with Gasteiger partial charge in [0, 0.05) is 29.4 Å². The Kier molecular flexibility index (Phi) is 8.35. The van der Waals surface area contributed by atoms with E-state index in [9.17, 15) is 8.96 Å². The van der Waals surface area contributed by atoms with Crippen LogP contribution in [0, 0.1) is 5.82 Å². The van der Waals surface area contributed by atoms with Gasteiger partial charge < -0.3 is 25.6 Å². The third-order valence-corrected chi connectivity index (χ3v) is 5.84. The molecule has 3 aromatic rings. The van der Waals surface area contributed by atoms with Gasteiger partial charge in [-0.05, 0) is 32.0 Å². The lowest BCUT2D eigenvalue weighted by atomic mass is 10.2. The topological polar surface area (TPSA) is 153 Å². The van der Waals surface area contributed by atoms with Gasteiger partial charge in [0.1, 0.15) is 22.4 Å². The number of hydrogen-bond donors (Lipinski definition) is 4. The first-order valence-electron chi connectivity index (χ1n) is 9.66. The summed E-state index contributed by atoms with van der Waals surface area (Å²) >= 11 is 7.54. The van der Waals surface area contributed by atoms with Gasteiger partial charge in [-0.15, -0.1) is 10.2 Å². The number of anilines is 1. The second-order valence-electron chi connectivity index (χ2n) is 7.26. The van der Waals surface area contributed by atoms with Crippen molar-refractivity contribution >= 4 is 36.6 Å². The van der Waals surface area contributed by atoms with Crippen molar-refractivity contribution < 1.29 is 28.0 Å². The normalized spacial score (nSPS) is 12.7. The first kappa shape index (κ1) is 25.4. The number of halogens is 2. The molecule has 10 nitrogen and oxygen atoms in total. The zero-order valence-corrected chi connectivity index (χ0v) is 20.1. The smallest absolute Gasteiger partial charge is 0.469 e. The molecule has 0 spiro atoms. The molecule has 0 amide bonds. The average Bonchev–Trinajstić information content (AvgIpc) is 3.22. The highest BCUT2D eigenvalue weighted by Gasteiger charge is 2.19. The Balaban J connectivity index is 1.70. The lowest BCUT2D eigenvalue weighted by molar-refractivity contribution is 0.164. The van der Waals surface area contributed by atoms with Crippen LogP contribution in [0.5, 0.6) is 5.75 Å². The number of nitrogens with one attached hydrogen (secondary N) is 1. The number of phosphoric ester groups is 1. The van der Waals surface area contributed by atoms with Gasteiger partial charge in [0.25, 0.3) is 0 Å². The van der Waals surface area contributed by atoms with Crippen LogP contribution in [0.15, 0.2) is 30.5 Å². The van der Waals surface area contributed by atoms with Gasteiger partial charge in [0.05, 0.1) is 17.7 Å². The molecule has 1 atom stereocenters. The average molecular weight is 518 g/mol. The standard InChI is InChI=1S/C19H22ClFN5O5PS/c1-10(2)24-17-4-3-11(7-23-17)18-25-26-19(33-18)13-5-15(21)16(6-14(13)20)30-8-12(22)9-31-32(27,28)29/h3-7,10,12H,8-9,22H2,1-2H3,(H,23,24)(H2,27,28,29)/t12-/m0/s1. The fraction of sp³-hybridized carbons (Fsp3) is 0.316. The zero-order chi connectivity index (χ0) is 24.2. The van der Waals surface area contributed by atoms with Gasteiger partial charge in [-0.1, -0.05) is 22.9 Å². The Bertz CT molecular complexity index is 1140. The molecule has 0 aliphatic carbocycles. The van der Waals surface area contributed by atoms with E-state index in [1.165, 1.54) is 23.5 Å². The van der Waals surface area contributed by atoms with E-state index >= 15 is 0 Å². The zero-order valence-electron chi connectivity index (χ0n) is 17.6. The maximum atomic E-state index is 14.6. The van der Waals surface area contributed by atoms with Gasteiger partial charge in [0.15, 0.2) is 11.6 Å². The van der Waals surface area contributed by atoms with Gasteiger partial charge in [-0.2, -0.15) is 0 Å². The van der Waals surface area contributed by atoms with Crippen LogP contribution in [-0.4, -0.2) is 50.3 Å².